The molecular formula is C19H24O5. The number of hydrogen-bond donors (Lipinski definition) is 1. The van der Waals surface area contributed by atoms with Gasteiger partial charge in [-0.1, -0.05) is 5.92 Å². The molecular weight excluding hydrogens is 308 g/mol. The standard InChI is InChI=1S/C19H24O5/c1-8-14-11(2)15(13(4)17(12(14)3)18(21)22)9-23-10-16(20)24-19(5,6)7/h1H,9-10H2,2-7H3,(H,21,22). The lowest BCUT2D eigenvalue weighted by Gasteiger charge is -2.20. The third-order valence-electron chi connectivity index (χ3n) is 3.65. The molecule has 0 saturated heterocycles. The average Bonchev–Trinajstić information content (AvgIpc) is 2.40. The van der Waals surface area contributed by atoms with Crippen LogP contribution in [-0.4, -0.2) is 29.3 Å². The Morgan fingerprint density at radius 1 is 1.12 bits per heavy atom. The van der Waals surface area contributed by atoms with Gasteiger partial charge in [0.2, 0.25) is 0 Å². The van der Waals surface area contributed by atoms with Crippen molar-refractivity contribution in [2.75, 3.05) is 6.61 Å². The molecule has 5 heteroatoms. The predicted molar refractivity (Wildman–Crippen MR) is 91.0 cm³/mol. The van der Waals surface area contributed by atoms with E-state index in [4.69, 9.17) is 15.9 Å². The molecule has 130 valence electrons. The van der Waals surface area contributed by atoms with Crippen molar-refractivity contribution in [2.45, 2.75) is 53.8 Å². The second kappa shape index (κ2) is 7.50. The molecule has 0 aliphatic carbocycles. The van der Waals surface area contributed by atoms with Crippen molar-refractivity contribution in [3.63, 3.8) is 0 Å². The van der Waals surface area contributed by atoms with Crippen molar-refractivity contribution >= 4 is 11.9 Å². The number of rotatable bonds is 5. The highest BCUT2D eigenvalue weighted by Gasteiger charge is 2.21. The Labute approximate surface area is 143 Å². The highest BCUT2D eigenvalue weighted by Crippen LogP contribution is 2.27. The molecule has 0 unspecified atom stereocenters. The average molecular weight is 332 g/mol. The van der Waals surface area contributed by atoms with Gasteiger partial charge in [0.05, 0.1) is 12.2 Å². The van der Waals surface area contributed by atoms with Gasteiger partial charge in [-0.25, -0.2) is 9.59 Å². The highest BCUT2D eigenvalue weighted by atomic mass is 16.6. The third kappa shape index (κ3) is 4.59. The zero-order chi connectivity index (χ0) is 18.7. The molecule has 0 bridgehead atoms. The Kier molecular flexibility index (Phi) is 6.16. The van der Waals surface area contributed by atoms with Gasteiger partial charge in [-0.3, -0.25) is 0 Å². The van der Waals surface area contributed by atoms with Crippen molar-refractivity contribution in [1.82, 2.24) is 0 Å². The Morgan fingerprint density at radius 2 is 1.71 bits per heavy atom. The minimum Gasteiger partial charge on any atom is -0.478 e. The molecule has 0 fully saturated rings. The lowest BCUT2D eigenvalue weighted by molar-refractivity contribution is -0.160. The molecule has 1 N–H and O–H groups in total. The van der Waals surface area contributed by atoms with Crippen LogP contribution in [0.3, 0.4) is 0 Å². The smallest absolute Gasteiger partial charge is 0.336 e. The largest absolute Gasteiger partial charge is 0.478 e. The van der Waals surface area contributed by atoms with Crippen LogP contribution in [-0.2, 0) is 20.9 Å². The first-order valence-corrected chi connectivity index (χ1v) is 7.61. The van der Waals surface area contributed by atoms with Crippen LogP contribution in [0.5, 0.6) is 0 Å². The van der Waals surface area contributed by atoms with Crippen molar-refractivity contribution in [3.05, 3.63) is 33.4 Å². The van der Waals surface area contributed by atoms with E-state index in [1.807, 2.05) is 6.92 Å². The number of carbonyl (C=O) groups excluding carboxylic acids is 1. The Hall–Kier alpha value is -2.32. The lowest BCUT2D eigenvalue weighted by Crippen LogP contribution is -2.26. The fourth-order valence-corrected chi connectivity index (χ4v) is 2.63. The van der Waals surface area contributed by atoms with Crippen LogP contribution in [0.4, 0.5) is 0 Å². The summed E-state index contributed by atoms with van der Waals surface area (Å²) in [7, 11) is 0. The number of esters is 1. The van der Waals surface area contributed by atoms with Crippen molar-refractivity contribution in [1.29, 1.82) is 0 Å². The molecule has 24 heavy (non-hydrogen) atoms. The summed E-state index contributed by atoms with van der Waals surface area (Å²) in [5.74, 6) is 1.04. The maximum Gasteiger partial charge on any atom is 0.336 e. The zero-order valence-corrected chi connectivity index (χ0v) is 15.1. The van der Waals surface area contributed by atoms with Gasteiger partial charge in [-0.2, -0.15) is 0 Å². The van der Waals surface area contributed by atoms with Gasteiger partial charge in [0.1, 0.15) is 12.2 Å². The number of hydrogen-bond acceptors (Lipinski definition) is 4. The van der Waals surface area contributed by atoms with Gasteiger partial charge >= 0.3 is 11.9 Å². The third-order valence-corrected chi connectivity index (χ3v) is 3.65. The molecule has 0 saturated carbocycles. The molecule has 0 amide bonds. The normalized spacial score (nSPS) is 11.0. The first-order chi connectivity index (χ1) is 11.0. The minimum atomic E-state index is -1.03. The predicted octanol–water partition coefficient (Wildman–Crippen LogP) is 3.15. The van der Waals surface area contributed by atoms with Gasteiger partial charge in [0, 0.05) is 5.56 Å². The van der Waals surface area contributed by atoms with E-state index in [2.05, 4.69) is 5.92 Å². The van der Waals surface area contributed by atoms with E-state index in [-0.39, 0.29) is 18.8 Å². The Bertz CT molecular complexity index is 702. The first kappa shape index (κ1) is 19.7. The molecule has 0 heterocycles. The molecule has 1 rings (SSSR count). The van der Waals surface area contributed by atoms with Crippen LogP contribution >= 0.6 is 0 Å². The maximum absolute atomic E-state index is 11.7. The van der Waals surface area contributed by atoms with Gasteiger partial charge < -0.3 is 14.6 Å². The molecule has 0 radical (unpaired) electrons. The number of carboxylic acids is 1. The molecule has 1 aromatic carbocycles. The van der Waals surface area contributed by atoms with Crippen LogP contribution < -0.4 is 0 Å². The van der Waals surface area contributed by atoms with Crippen LogP contribution in [0.1, 0.15) is 58.9 Å². The molecule has 0 atom stereocenters. The summed E-state index contributed by atoms with van der Waals surface area (Å²) in [6.07, 6.45) is 5.53. The van der Waals surface area contributed by atoms with Gasteiger partial charge in [-0.15, -0.1) is 6.42 Å². The summed E-state index contributed by atoms with van der Waals surface area (Å²) in [6.45, 7) is 10.4. The summed E-state index contributed by atoms with van der Waals surface area (Å²) in [6, 6.07) is 0. The van der Waals surface area contributed by atoms with Crippen LogP contribution in [0.25, 0.3) is 0 Å². The summed E-state index contributed by atoms with van der Waals surface area (Å²) < 4.78 is 10.6. The minimum absolute atomic E-state index is 0.0894. The molecule has 0 spiro atoms. The molecule has 0 aliphatic heterocycles. The van der Waals surface area contributed by atoms with E-state index >= 15 is 0 Å². The van der Waals surface area contributed by atoms with E-state index in [0.29, 0.717) is 22.3 Å². The number of aromatic carboxylic acids is 1. The number of carbonyl (C=O) groups is 2. The zero-order valence-electron chi connectivity index (χ0n) is 15.1. The summed E-state index contributed by atoms with van der Waals surface area (Å²) >= 11 is 0. The quantitative estimate of drug-likeness (QED) is 0.662. The van der Waals surface area contributed by atoms with Crippen molar-refractivity contribution in [3.8, 4) is 12.3 Å². The summed E-state index contributed by atoms with van der Waals surface area (Å²) in [5.41, 5.74) is 2.80. The van der Waals surface area contributed by atoms with E-state index in [0.717, 1.165) is 5.56 Å². The number of carboxylic acid groups (broad SMARTS) is 1. The van der Waals surface area contributed by atoms with E-state index in [1.165, 1.54) is 0 Å². The van der Waals surface area contributed by atoms with Crippen LogP contribution in [0.2, 0.25) is 0 Å². The summed E-state index contributed by atoms with van der Waals surface area (Å²) in [5, 5.41) is 9.44. The fourth-order valence-electron chi connectivity index (χ4n) is 2.63. The number of benzene rings is 1. The van der Waals surface area contributed by atoms with Gasteiger partial charge in [-0.05, 0) is 63.8 Å². The van der Waals surface area contributed by atoms with E-state index in [9.17, 15) is 14.7 Å². The first-order valence-electron chi connectivity index (χ1n) is 7.61. The second-order valence-electron chi connectivity index (χ2n) is 6.63. The SMILES string of the molecule is C#Cc1c(C)c(COCC(=O)OC(C)(C)C)c(C)c(C(=O)O)c1C. The lowest BCUT2D eigenvalue weighted by atomic mass is 9.89. The molecule has 0 aromatic heterocycles. The van der Waals surface area contributed by atoms with Crippen molar-refractivity contribution < 1.29 is 24.2 Å². The molecule has 1 aromatic rings. The second-order valence-corrected chi connectivity index (χ2v) is 6.63. The van der Waals surface area contributed by atoms with Crippen molar-refractivity contribution in [2.24, 2.45) is 0 Å². The van der Waals surface area contributed by atoms with E-state index in [1.54, 1.807) is 34.6 Å². The van der Waals surface area contributed by atoms with Crippen LogP contribution in [0, 0.1) is 33.1 Å². The topological polar surface area (TPSA) is 72.8 Å². The van der Waals surface area contributed by atoms with Gasteiger partial charge in [0.15, 0.2) is 0 Å². The molecule has 0 aliphatic rings. The monoisotopic (exact) mass is 332 g/mol. The maximum atomic E-state index is 11.7. The van der Waals surface area contributed by atoms with Gasteiger partial charge in [0.25, 0.3) is 0 Å². The number of ether oxygens (including phenoxy) is 2. The van der Waals surface area contributed by atoms with E-state index < -0.39 is 17.5 Å². The van der Waals surface area contributed by atoms with Crippen LogP contribution in [0.15, 0.2) is 0 Å². The molecule has 5 nitrogen and oxygen atoms in total. The Morgan fingerprint density at radius 3 is 2.17 bits per heavy atom. The fraction of sp³-hybridized carbons (Fsp3) is 0.474. The highest BCUT2D eigenvalue weighted by molar-refractivity contribution is 5.92. The Balaban J connectivity index is 3.05. The number of terminal acetylenes is 1. The summed E-state index contributed by atoms with van der Waals surface area (Å²) in [4.78, 5) is 23.2.